The fraction of sp³-hybridized carbons (Fsp3) is 0.290. The number of benzene rings is 2. The van der Waals surface area contributed by atoms with Crippen LogP contribution in [0.25, 0.3) is 11.0 Å². The van der Waals surface area contributed by atoms with E-state index in [4.69, 9.17) is 4.42 Å². The number of carbonyl (C=O) groups excluding carboxylic acids is 1. The molecule has 0 aliphatic carbocycles. The van der Waals surface area contributed by atoms with E-state index in [1.165, 1.54) is 12.1 Å². The number of nitro groups is 1. The standard InChI is InChI=1S/C31H30N6O5/c38-30(34-16-13-22(14-17-34)36-26-5-2-1-4-25(26)32-31(36)39)28-12-11-24(42-28)20-35-19-18-33-15-3-6-27(33)29(35)21-7-9-23(10-8-21)37(40)41/h1-12,15,22,29H,13-14,16-20H2,(H,32,39). The Morgan fingerprint density at radius 1 is 0.952 bits per heavy atom. The maximum Gasteiger partial charge on any atom is 0.326 e. The van der Waals surface area contributed by atoms with Crippen LogP contribution in [-0.4, -0.2) is 54.4 Å². The Bertz CT molecular complexity index is 1820. The van der Waals surface area contributed by atoms with Gasteiger partial charge in [0.05, 0.1) is 28.5 Å². The zero-order valence-electron chi connectivity index (χ0n) is 22.9. The summed E-state index contributed by atoms with van der Waals surface area (Å²) in [6.45, 7) is 3.14. The van der Waals surface area contributed by atoms with Crippen LogP contribution in [0.5, 0.6) is 0 Å². The van der Waals surface area contributed by atoms with Crippen molar-refractivity contribution in [2.45, 2.75) is 38.0 Å². The first-order chi connectivity index (χ1) is 20.5. The quantitative estimate of drug-likeness (QED) is 0.235. The van der Waals surface area contributed by atoms with Crippen LogP contribution in [0.3, 0.4) is 0 Å². The molecule has 1 N–H and O–H groups in total. The maximum atomic E-state index is 13.4. The Labute approximate surface area is 240 Å². The van der Waals surface area contributed by atoms with Crippen LogP contribution in [0.2, 0.25) is 0 Å². The molecular weight excluding hydrogens is 536 g/mol. The van der Waals surface area contributed by atoms with Crippen LogP contribution in [0.4, 0.5) is 5.69 Å². The normalized spacial score (nSPS) is 17.9. The molecule has 5 aromatic rings. The van der Waals surface area contributed by atoms with Gasteiger partial charge in [-0.2, -0.15) is 0 Å². The smallest absolute Gasteiger partial charge is 0.326 e. The maximum absolute atomic E-state index is 13.4. The van der Waals surface area contributed by atoms with Gasteiger partial charge in [0.2, 0.25) is 0 Å². The molecule has 2 aromatic carbocycles. The van der Waals surface area contributed by atoms with Gasteiger partial charge in [0.25, 0.3) is 11.6 Å². The number of rotatable bonds is 6. The largest absolute Gasteiger partial charge is 0.455 e. The number of nitrogens with zero attached hydrogens (tertiary/aromatic N) is 5. The minimum Gasteiger partial charge on any atom is -0.455 e. The molecule has 2 aliphatic heterocycles. The minimum absolute atomic E-state index is 0.0271. The number of amides is 1. The summed E-state index contributed by atoms with van der Waals surface area (Å²) >= 11 is 0. The average molecular weight is 567 g/mol. The van der Waals surface area contributed by atoms with Crippen LogP contribution in [0, 0.1) is 10.1 Å². The fourth-order valence-electron chi connectivity index (χ4n) is 6.46. The monoisotopic (exact) mass is 566 g/mol. The highest BCUT2D eigenvalue weighted by Gasteiger charge is 2.31. The van der Waals surface area contributed by atoms with Crippen molar-refractivity contribution in [1.82, 2.24) is 23.9 Å². The molecule has 42 heavy (non-hydrogen) atoms. The molecule has 2 aliphatic rings. The number of nitro benzene ring substituents is 1. The first-order valence-electron chi connectivity index (χ1n) is 14.2. The van der Waals surface area contributed by atoms with Gasteiger partial charge in [0.15, 0.2) is 5.76 Å². The Hall–Kier alpha value is -4.90. The van der Waals surface area contributed by atoms with Crippen LogP contribution in [-0.2, 0) is 13.1 Å². The van der Waals surface area contributed by atoms with Gasteiger partial charge in [0, 0.05) is 56.2 Å². The predicted molar refractivity (Wildman–Crippen MR) is 155 cm³/mol. The third-order valence-corrected chi connectivity index (χ3v) is 8.53. The zero-order chi connectivity index (χ0) is 28.8. The molecular formula is C31H30N6O5. The van der Waals surface area contributed by atoms with Crippen LogP contribution >= 0.6 is 0 Å². The number of aromatic nitrogens is 3. The van der Waals surface area contributed by atoms with Gasteiger partial charge in [0.1, 0.15) is 5.76 Å². The Morgan fingerprint density at radius 3 is 2.52 bits per heavy atom. The molecule has 0 radical (unpaired) electrons. The van der Waals surface area contributed by atoms with E-state index in [0.29, 0.717) is 44.0 Å². The number of aromatic amines is 1. The molecule has 0 bridgehead atoms. The van der Waals surface area contributed by atoms with Gasteiger partial charge < -0.3 is 18.9 Å². The van der Waals surface area contributed by atoms with Gasteiger partial charge >= 0.3 is 5.69 Å². The van der Waals surface area contributed by atoms with E-state index in [-0.39, 0.29) is 29.4 Å². The van der Waals surface area contributed by atoms with Gasteiger partial charge in [-0.05, 0) is 54.8 Å². The molecule has 0 saturated carbocycles. The van der Waals surface area contributed by atoms with Crippen molar-refractivity contribution in [3.05, 3.63) is 122 Å². The number of nitrogens with one attached hydrogen (secondary N) is 1. The molecule has 214 valence electrons. The second kappa shape index (κ2) is 10.5. The summed E-state index contributed by atoms with van der Waals surface area (Å²) in [6, 6.07) is 22.0. The number of likely N-dealkylation sites (tertiary alicyclic amines) is 1. The summed E-state index contributed by atoms with van der Waals surface area (Å²) in [5, 5.41) is 11.2. The number of para-hydroxylation sites is 2. The van der Waals surface area contributed by atoms with Crippen molar-refractivity contribution in [1.29, 1.82) is 0 Å². The molecule has 11 heteroatoms. The lowest BCUT2D eigenvalue weighted by Crippen LogP contribution is -2.40. The zero-order valence-corrected chi connectivity index (χ0v) is 22.9. The van der Waals surface area contributed by atoms with E-state index < -0.39 is 4.92 Å². The van der Waals surface area contributed by atoms with Crippen molar-refractivity contribution in [3.63, 3.8) is 0 Å². The molecule has 5 heterocycles. The van der Waals surface area contributed by atoms with Crippen molar-refractivity contribution in [3.8, 4) is 0 Å². The molecule has 1 unspecified atom stereocenters. The summed E-state index contributed by atoms with van der Waals surface area (Å²) in [5.74, 6) is 0.843. The molecule has 7 rings (SSSR count). The Balaban J connectivity index is 1.05. The summed E-state index contributed by atoms with van der Waals surface area (Å²) in [5.41, 5.74) is 3.72. The first-order valence-corrected chi connectivity index (χ1v) is 14.2. The number of non-ortho nitro benzene ring substituents is 1. The second-order valence-corrected chi connectivity index (χ2v) is 11.0. The summed E-state index contributed by atoms with van der Waals surface area (Å²) in [6.07, 6.45) is 3.42. The van der Waals surface area contributed by atoms with E-state index in [1.54, 1.807) is 11.0 Å². The number of H-pyrrole nitrogens is 1. The summed E-state index contributed by atoms with van der Waals surface area (Å²) in [4.78, 5) is 43.8. The van der Waals surface area contributed by atoms with E-state index in [1.807, 2.05) is 59.3 Å². The lowest BCUT2D eigenvalue weighted by atomic mass is 9.99. The van der Waals surface area contributed by atoms with Crippen molar-refractivity contribution >= 4 is 22.6 Å². The molecule has 3 aromatic heterocycles. The molecule has 1 atom stereocenters. The number of carbonyl (C=O) groups is 1. The number of furan rings is 1. The van der Waals surface area contributed by atoms with E-state index in [0.717, 1.165) is 35.4 Å². The van der Waals surface area contributed by atoms with Gasteiger partial charge in [-0.3, -0.25) is 24.4 Å². The van der Waals surface area contributed by atoms with Gasteiger partial charge in [-0.15, -0.1) is 0 Å². The highest BCUT2D eigenvalue weighted by Crippen LogP contribution is 2.35. The number of hydrogen-bond acceptors (Lipinski definition) is 6. The molecule has 11 nitrogen and oxygen atoms in total. The third-order valence-electron chi connectivity index (χ3n) is 8.53. The van der Waals surface area contributed by atoms with Crippen LogP contribution in [0.15, 0.2) is 88.2 Å². The number of hydrogen-bond donors (Lipinski definition) is 1. The highest BCUT2D eigenvalue weighted by molar-refractivity contribution is 5.91. The lowest BCUT2D eigenvalue weighted by Gasteiger charge is -2.36. The van der Waals surface area contributed by atoms with Crippen molar-refractivity contribution < 1.29 is 14.1 Å². The van der Waals surface area contributed by atoms with Gasteiger partial charge in [-0.1, -0.05) is 24.3 Å². The predicted octanol–water partition coefficient (Wildman–Crippen LogP) is 4.71. The summed E-state index contributed by atoms with van der Waals surface area (Å²) < 4.78 is 10.1. The SMILES string of the molecule is O=C(c1ccc(CN2CCn3cccc3C2c2ccc([N+](=O)[O-])cc2)o1)N1CCC(n2c(=O)[nH]c3ccccc32)CC1. The topological polar surface area (TPSA) is 123 Å². The van der Waals surface area contributed by atoms with Crippen molar-refractivity contribution in [2.75, 3.05) is 19.6 Å². The van der Waals surface area contributed by atoms with Gasteiger partial charge in [-0.25, -0.2) is 4.79 Å². The Kier molecular flexibility index (Phi) is 6.50. The average Bonchev–Trinajstić information content (AvgIpc) is 3.75. The van der Waals surface area contributed by atoms with E-state index in [2.05, 4.69) is 20.5 Å². The van der Waals surface area contributed by atoms with Crippen molar-refractivity contribution in [2.24, 2.45) is 0 Å². The minimum atomic E-state index is -0.392. The van der Waals surface area contributed by atoms with E-state index >= 15 is 0 Å². The van der Waals surface area contributed by atoms with E-state index in [9.17, 15) is 19.7 Å². The second-order valence-electron chi connectivity index (χ2n) is 11.0. The summed E-state index contributed by atoms with van der Waals surface area (Å²) in [7, 11) is 0. The van der Waals surface area contributed by atoms with Crippen LogP contribution < -0.4 is 5.69 Å². The lowest BCUT2D eigenvalue weighted by molar-refractivity contribution is -0.384. The molecule has 0 spiro atoms. The third kappa shape index (κ3) is 4.61. The Morgan fingerprint density at radius 2 is 1.74 bits per heavy atom. The molecule has 1 fully saturated rings. The molecule has 1 amide bonds. The number of fused-ring (bicyclic) bond motifs is 2. The first kappa shape index (κ1) is 26.0. The molecule has 1 saturated heterocycles. The number of imidazole rings is 1. The fourth-order valence-corrected chi connectivity index (χ4v) is 6.46. The van der Waals surface area contributed by atoms with Crippen LogP contribution in [0.1, 0.15) is 52.5 Å². The highest BCUT2D eigenvalue weighted by atomic mass is 16.6. The number of piperidine rings is 1.